The summed E-state index contributed by atoms with van der Waals surface area (Å²) >= 11 is 4.71. The Morgan fingerprint density at radius 1 is 0.978 bits per heavy atom. The van der Waals surface area contributed by atoms with Gasteiger partial charge in [0.25, 0.3) is 0 Å². The summed E-state index contributed by atoms with van der Waals surface area (Å²) in [6, 6.07) is 2.80. The molecule has 3 saturated heterocycles. The smallest absolute Gasteiger partial charge is 0.397 e. The van der Waals surface area contributed by atoms with E-state index >= 15 is 0 Å². The molecule has 1 atom stereocenters. The normalized spacial score (nSPS) is 21.0. The number of halogens is 4. The lowest BCUT2D eigenvalue weighted by Gasteiger charge is -2.40. The molecule has 0 saturated carbocycles. The van der Waals surface area contributed by atoms with E-state index in [4.69, 9.17) is 5.73 Å². The Kier molecular flexibility index (Phi) is 9.86. The van der Waals surface area contributed by atoms with Crippen molar-refractivity contribution < 1.29 is 27.6 Å². The van der Waals surface area contributed by atoms with E-state index in [1.165, 1.54) is 18.9 Å². The van der Waals surface area contributed by atoms with Gasteiger partial charge in [-0.2, -0.15) is 13.2 Å². The molecule has 2 aromatic rings. The molecule has 1 aromatic heterocycles. The third kappa shape index (κ3) is 7.18. The zero-order valence-corrected chi connectivity index (χ0v) is 28.1. The number of urea groups is 1. The Bertz CT molecular complexity index is 1450. The van der Waals surface area contributed by atoms with Crippen LogP contribution in [0.4, 0.5) is 29.3 Å². The van der Waals surface area contributed by atoms with Crippen molar-refractivity contribution in [3.05, 3.63) is 44.1 Å². The van der Waals surface area contributed by atoms with Gasteiger partial charge in [0, 0.05) is 60.1 Å². The van der Waals surface area contributed by atoms with Gasteiger partial charge >= 0.3 is 12.2 Å². The molecule has 3 fully saturated rings. The first-order chi connectivity index (χ1) is 22.0. The van der Waals surface area contributed by atoms with Gasteiger partial charge < -0.3 is 30.7 Å². The molecular weight excluding hydrogens is 685 g/mol. The van der Waals surface area contributed by atoms with Crippen LogP contribution in [0.15, 0.2) is 27.4 Å². The number of hydrogen-bond donors (Lipinski definition) is 2. The lowest BCUT2D eigenvalue weighted by Crippen LogP contribution is -2.51. The molecule has 46 heavy (non-hydrogen) atoms. The number of nitrogens with two attached hydrogens (primary N) is 1. The number of rotatable bonds is 7. The molecule has 0 bridgehead atoms. The lowest BCUT2D eigenvalue weighted by atomic mass is 9.91. The summed E-state index contributed by atoms with van der Waals surface area (Å²) in [4.78, 5) is 48.3. The van der Waals surface area contributed by atoms with Crippen LogP contribution in [0, 0.1) is 5.92 Å². The summed E-state index contributed by atoms with van der Waals surface area (Å²) in [5.74, 6) is -1.20. The third-order valence-corrected chi connectivity index (χ3v) is 11.5. The fraction of sp³-hybridized carbons (Fsp3) is 0.594. The third-order valence-electron chi connectivity index (χ3n) is 10.0. The van der Waals surface area contributed by atoms with Crippen LogP contribution in [-0.4, -0.2) is 88.8 Å². The number of thiophene rings is 1. The quantitative estimate of drug-likeness (QED) is 0.353. The van der Waals surface area contributed by atoms with Gasteiger partial charge in [-0.1, -0.05) is 0 Å². The number of nitrogens with zero attached hydrogens (tertiary/aromatic N) is 4. The standard InChI is InChI=1S/C32H40BrF3N6O3S/c33-26-15-20(14-25(29(26)37)32(34,35)36)13-21(30(44)41-11-3-23(4-12-41)39-7-1-2-8-39)16-28(43)40-9-5-24(6-10-40)42-17-22-18-46-19-27(22)38-31(42)45/h14-15,18-19,21,23-24H,1-13,16-17,37H2,(H,38,45)/t21-/m0/s1. The summed E-state index contributed by atoms with van der Waals surface area (Å²) in [5.41, 5.74) is 6.62. The number of carbonyl (C=O) groups excluding carboxylic acids is 3. The summed E-state index contributed by atoms with van der Waals surface area (Å²) in [5, 5.41) is 6.90. The van der Waals surface area contributed by atoms with Crippen molar-refractivity contribution in [3.63, 3.8) is 0 Å². The molecule has 3 N–H and O–H groups in total. The molecule has 5 heterocycles. The van der Waals surface area contributed by atoms with Gasteiger partial charge in [0.15, 0.2) is 0 Å². The molecule has 0 aliphatic carbocycles. The van der Waals surface area contributed by atoms with Crippen LogP contribution < -0.4 is 11.1 Å². The fourth-order valence-corrected chi connectivity index (χ4v) is 8.72. The molecule has 0 spiro atoms. The van der Waals surface area contributed by atoms with Crippen molar-refractivity contribution in [2.45, 2.75) is 76.2 Å². The van der Waals surface area contributed by atoms with Gasteiger partial charge in [-0.05, 0) is 97.0 Å². The van der Waals surface area contributed by atoms with E-state index in [1.54, 1.807) is 21.1 Å². The molecule has 1 aromatic carbocycles. The Balaban J connectivity index is 1.13. The summed E-state index contributed by atoms with van der Waals surface area (Å²) < 4.78 is 41.5. The zero-order chi connectivity index (χ0) is 32.6. The van der Waals surface area contributed by atoms with Crippen molar-refractivity contribution in [2.75, 3.05) is 50.3 Å². The van der Waals surface area contributed by atoms with Crippen LogP contribution in [0.5, 0.6) is 0 Å². The number of anilines is 2. The molecule has 14 heteroatoms. The molecule has 0 unspecified atom stereocenters. The number of amides is 4. The van der Waals surface area contributed by atoms with E-state index in [0.717, 1.165) is 43.2 Å². The van der Waals surface area contributed by atoms with E-state index in [1.807, 2.05) is 15.7 Å². The number of fused-ring (bicyclic) bond motifs is 1. The van der Waals surface area contributed by atoms with Crippen LogP contribution in [0.25, 0.3) is 0 Å². The minimum Gasteiger partial charge on any atom is -0.397 e. The highest BCUT2D eigenvalue weighted by atomic mass is 79.9. The molecule has 9 nitrogen and oxygen atoms in total. The van der Waals surface area contributed by atoms with Crippen LogP contribution in [0.1, 0.15) is 61.6 Å². The number of nitrogens with one attached hydrogen (secondary N) is 1. The second-order valence-corrected chi connectivity index (χ2v) is 14.5. The second-order valence-electron chi connectivity index (χ2n) is 12.9. The van der Waals surface area contributed by atoms with Crippen molar-refractivity contribution in [3.8, 4) is 0 Å². The molecule has 0 radical (unpaired) electrons. The highest BCUT2D eigenvalue weighted by molar-refractivity contribution is 9.10. The van der Waals surface area contributed by atoms with E-state index in [0.29, 0.717) is 57.2 Å². The predicted octanol–water partition coefficient (Wildman–Crippen LogP) is 5.79. The number of carbonyl (C=O) groups is 3. The first kappa shape index (κ1) is 33.1. The first-order valence-corrected chi connectivity index (χ1v) is 17.8. The summed E-state index contributed by atoms with van der Waals surface area (Å²) in [6.45, 7) is 4.72. The molecule has 6 rings (SSSR count). The van der Waals surface area contributed by atoms with E-state index in [-0.39, 0.29) is 41.2 Å². The number of nitrogen functional groups attached to an aromatic ring is 1. The predicted molar refractivity (Wildman–Crippen MR) is 174 cm³/mol. The maximum Gasteiger partial charge on any atom is 0.418 e. The number of hydrogen-bond acceptors (Lipinski definition) is 6. The van der Waals surface area contributed by atoms with Crippen molar-refractivity contribution in [1.29, 1.82) is 0 Å². The van der Waals surface area contributed by atoms with Crippen LogP contribution in [0.3, 0.4) is 0 Å². The lowest BCUT2D eigenvalue weighted by molar-refractivity contribution is -0.143. The van der Waals surface area contributed by atoms with Crippen LogP contribution in [0.2, 0.25) is 0 Å². The van der Waals surface area contributed by atoms with Gasteiger partial charge in [-0.15, -0.1) is 11.3 Å². The maximum atomic E-state index is 14.0. The van der Waals surface area contributed by atoms with E-state index < -0.39 is 23.3 Å². The summed E-state index contributed by atoms with van der Waals surface area (Å²) in [7, 11) is 0. The Morgan fingerprint density at radius 2 is 1.63 bits per heavy atom. The van der Waals surface area contributed by atoms with Crippen molar-refractivity contribution >= 4 is 56.5 Å². The highest BCUT2D eigenvalue weighted by Crippen LogP contribution is 2.39. The minimum absolute atomic E-state index is 0.00796. The zero-order valence-electron chi connectivity index (χ0n) is 25.7. The second kappa shape index (κ2) is 13.7. The maximum absolute atomic E-state index is 14.0. The van der Waals surface area contributed by atoms with Crippen LogP contribution >= 0.6 is 27.3 Å². The first-order valence-electron chi connectivity index (χ1n) is 16.1. The van der Waals surface area contributed by atoms with Gasteiger partial charge in [-0.3, -0.25) is 9.59 Å². The topological polar surface area (TPSA) is 102 Å². The van der Waals surface area contributed by atoms with Gasteiger partial charge in [-0.25, -0.2) is 4.79 Å². The highest BCUT2D eigenvalue weighted by Gasteiger charge is 2.38. The Labute approximate surface area is 279 Å². The van der Waals surface area contributed by atoms with Crippen molar-refractivity contribution in [1.82, 2.24) is 19.6 Å². The SMILES string of the molecule is Nc1c(Br)cc(C[C@@H](CC(=O)N2CCC(N3Cc4cscc4NC3=O)CC2)C(=O)N2CCC(N3CCCC3)CC2)cc1C(F)(F)F. The Morgan fingerprint density at radius 3 is 2.30 bits per heavy atom. The fourth-order valence-electron chi connectivity index (χ4n) is 7.43. The molecular formula is C32H40BrF3N6O3S. The van der Waals surface area contributed by atoms with Crippen molar-refractivity contribution in [2.24, 2.45) is 5.92 Å². The number of piperidine rings is 2. The molecule has 4 aliphatic heterocycles. The molecule has 4 amide bonds. The number of alkyl halides is 3. The molecule has 4 aliphatic rings. The van der Waals surface area contributed by atoms with Gasteiger partial charge in [0.1, 0.15) is 0 Å². The van der Waals surface area contributed by atoms with Crippen LogP contribution in [-0.2, 0) is 28.7 Å². The largest absolute Gasteiger partial charge is 0.418 e. The molecule has 250 valence electrons. The minimum atomic E-state index is -4.66. The number of likely N-dealkylation sites (tertiary alicyclic amines) is 3. The average molecular weight is 726 g/mol. The number of benzene rings is 1. The average Bonchev–Trinajstić information content (AvgIpc) is 3.74. The summed E-state index contributed by atoms with van der Waals surface area (Å²) in [6.07, 6.45) is 0.549. The van der Waals surface area contributed by atoms with E-state index in [9.17, 15) is 27.6 Å². The Hall–Kier alpha value is -2.84. The van der Waals surface area contributed by atoms with E-state index in [2.05, 4.69) is 26.1 Å². The van der Waals surface area contributed by atoms with Gasteiger partial charge in [0.05, 0.1) is 29.4 Å². The monoisotopic (exact) mass is 724 g/mol. The van der Waals surface area contributed by atoms with Gasteiger partial charge in [0.2, 0.25) is 11.8 Å².